The van der Waals surface area contributed by atoms with Gasteiger partial charge in [-0.05, 0) is 51.4 Å². The fourth-order valence-corrected chi connectivity index (χ4v) is 9.51. The summed E-state index contributed by atoms with van der Waals surface area (Å²) in [5.41, 5.74) is 3.42. The molecular weight excluding hydrogens is 848 g/mol. The predicted molar refractivity (Wildman–Crippen MR) is 219 cm³/mol. The Morgan fingerprint density at radius 1 is 0.875 bits per heavy atom. The fraction of sp³-hybridized carbons (Fsp3) is 0.805. The van der Waals surface area contributed by atoms with E-state index in [2.05, 4.69) is 15.6 Å². The van der Waals surface area contributed by atoms with Crippen molar-refractivity contribution in [2.24, 2.45) is 17.6 Å². The third kappa shape index (κ3) is 11.9. The average Bonchev–Trinajstić information content (AvgIpc) is 3.29. The maximum absolute atomic E-state index is 14.3. The minimum absolute atomic E-state index is 0.136. The maximum atomic E-state index is 14.3. The molecule has 9 unspecified atom stereocenters. The summed E-state index contributed by atoms with van der Waals surface area (Å²) in [7, 11) is 1.14. The molecule has 23 heteroatoms. The topological polar surface area (TPSA) is 344 Å². The van der Waals surface area contributed by atoms with Crippen LogP contribution in [0, 0.1) is 11.8 Å². The molecule has 0 radical (unpaired) electrons. The average molecular weight is 913 g/mol. The van der Waals surface area contributed by atoms with Crippen LogP contribution in [0.2, 0.25) is 0 Å². The SMILES string of the molecule is COC(=O)C1CC(NC(=O)c2cc(=O)[nH]c(=O)[nH]2)C(O[C@@H]2OC(C)[C@@H](O)C(O)C2O)[C@H](O[C@@H]2OC(CO)[C@H](O)C(O[C@@H](CC3CCCCC3)C(=O)N3CCCCC3)C2NC(=O)CN)C1. The number of nitrogens with zero attached hydrogens (tertiary/aromatic N) is 1. The normalized spacial score (nSPS) is 35.5. The van der Waals surface area contributed by atoms with Crippen LogP contribution in [0.3, 0.4) is 0 Å². The second-order valence-corrected chi connectivity index (χ2v) is 17.5. The van der Waals surface area contributed by atoms with Gasteiger partial charge in [-0.3, -0.25) is 29.0 Å². The van der Waals surface area contributed by atoms with Gasteiger partial charge in [-0.2, -0.15) is 0 Å². The second kappa shape index (κ2) is 22.5. The highest BCUT2D eigenvalue weighted by atomic mass is 16.7. The highest BCUT2D eigenvalue weighted by Gasteiger charge is 2.54. The Kier molecular flexibility index (Phi) is 17.5. The molecule has 0 aromatic carbocycles. The lowest BCUT2D eigenvalue weighted by atomic mass is 9.81. The van der Waals surface area contributed by atoms with Gasteiger partial charge in [0, 0.05) is 19.2 Å². The minimum Gasteiger partial charge on any atom is -0.469 e. The minimum atomic E-state index is -1.86. The zero-order valence-corrected chi connectivity index (χ0v) is 36.1. The lowest BCUT2D eigenvalue weighted by molar-refractivity contribution is -0.335. The first-order valence-corrected chi connectivity index (χ1v) is 22.2. The number of carbonyl (C=O) groups is 4. The molecule has 23 nitrogen and oxygen atoms in total. The highest BCUT2D eigenvalue weighted by molar-refractivity contribution is 5.92. The molecule has 360 valence electrons. The number of aliphatic hydroxyl groups is 5. The first-order chi connectivity index (χ1) is 30.6. The Hall–Kier alpha value is -3.88. The van der Waals surface area contributed by atoms with Gasteiger partial charge in [-0.1, -0.05) is 32.1 Å². The molecule has 15 atom stereocenters. The molecule has 4 heterocycles. The van der Waals surface area contributed by atoms with Gasteiger partial charge >= 0.3 is 11.7 Å². The summed E-state index contributed by atoms with van der Waals surface area (Å²) in [6, 6.07) is -1.92. The van der Waals surface area contributed by atoms with Gasteiger partial charge in [-0.15, -0.1) is 0 Å². The van der Waals surface area contributed by atoms with Crippen molar-refractivity contribution in [2.75, 3.05) is 33.4 Å². The van der Waals surface area contributed by atoms with E-state index >= 15 is 0 Å². The van der Waals surface area contributed by atoms with Crippen LogP contribution in [0.25, 0.3) is 0 Å². The summed E-state index contributed by atoms with van der Waals surface area (Å²) in [6.45, 7) is 1.14. The van der Waals surface area contributed by atoms with E-state index < -0.39 is 139 Å². The van der Waals surface area contributed by atoms with Crippen molar-refractivity contribution in [3.63, 3.8) is 0 Å². The van der Waals surface area contributed by atoms with Crippen LogP contribution in [0.4, 0.5) is 0 Å². The first-order valence-electron chi connectivity index (χ1n) is 22.2. The number of methoxy groups -OCH3 is 1. The molecule has 11 N–H and O–H groups in total. The molecule has 1 aromatic heterocycles. The molecule has 3 saturated heterocycles. The number of aromatic nitrogens is 2. The Morgan fingerprint density at radius 2 is 1.58 bits per heavy atom. The van der Waals surface area contributed by atoms with E-state index in [0.717, 1.165) is 64.5 Å². The molecule has 2 aliphatic carbocycles. The number of aromatic amines is 2. The molecule has 5 aliphatic rings. The summed E-state index contributed by atoms with van der Waals surface area (Å²) in [5, 5.41) is 59.9. The third-order valence-electron chi connectivity index (χ3n) is 13.0. The molecule has 2 saturated carbocycles. The van der Waals surface area contributed by atoms with Crippen molar-refractivity contribution in [1.82, 2.24) is 25.5 Å². The van der Waals surface area contributed by atoms with Gasteiger partial charge < -0.3 is 80.2 Å². The lowest BCUT2D eigenvalue weighted by Gasteiger charge is -2.49. The number of esters is 1. The molecule has 0 spiro atoms. The van der Waals surface area contributed by atoms with Crippen LogP contribution in [0.5, 0.6) is 0 Å². The van der Waals surface area contributed by atoms with Crippen molar-refractivity contribution in [2.45, 2.75) is 163 Å². The molecule has 5 fully saturated rings. The van der Waals surface area contributed by atoms with E-state index in [1.165, 1.54) is 6.92 Å². The van der Waals surface area contributed by atoms with Crippen LogP contribution < -0.4 is 27.6 Å². The van der Waals surface area contributed by atoms with Crippen LogP contribution >= 0.6 is 0 Å². The third-order valence-corrected chi connectivity index (χ3v) is 13.0. The van der Waals surface area contributed by atoms with E-state index in [0.29, 0.717) is 19.5 Å². The van der Waals surface area contributed by atoms with Gasteiger partial charge in [-0.25, -0.2) is 4.79 Å². The highest BCUT2D eigenvalue weighted by Crippen LogP contribution is 2.37. The van der Waals surface area contributed by atoms with Crippen molar-refractivity contribution in [3.8, 4) is 0 Å². The molecule has 1 aromatic rings. The first kappa shape index (κ1) is 49.6. The summed E-state index contributed by atoms with van der Waals surface area (Å²) >= 11 is 0. The van der Waals surface area contributed by atoms with Gasteiger partial charge in [0.2, 0.25) is 5.91 Å². The smallest absolute Gasteiger partial charge is 0.326 e. The van der Waals surface area contributed by atoms with Gasteiger partial charge in [0.25, 0.3) is 17.4 Å². The van der Waals surface area contributed by atoms with Gasteiger partial charge in [0.15, 0.2) is 12.6 Å². The predicted octanol–water partition coefficient (Wildman–Crippen LogP) is -3.40. The number of amides is 3. The number of H-pyrrole nitrogens is 2. The maximum Gasteiger partial charge on any atom is 0.326 e. The lowest BCUT2D eigenvalue weighted by Crippen LogP contribution is -2.68. The monoisotopic (exact) mass is 912 g/mol. The summed E-state index contributed by atoms with van der Waals surface area (Å²) in [6.07, 6.45) is -10.9. The van der Waals surface area contributed by atoms with Crippen LogP contribution in [0.15, 0.2) is 15.7 Å². The number of carbonyl (C=O) groups excluding carboxylic acids is 4. The largest absolute Gasteiger partial charge is 0.469 e. The number of rotatable bonds is 15. The van der Waals surface area contributed by atoms with Crippen molar-refractivity contribution < 1.29 is 73.1 Å². The van der Waals surface area contributed by atoms with Gasteiger partial charge in [0.05, 0.1) is 44.4 Å². The molecule has 3 aliphatic heterocycles. The number of likely N-dealkylation sites (tertiary alicyclic amines) is 1. The van der Waals surface area contributed by atoms with Gasteiger partial charge in [0.1, 0.15) is 60.6 Å². The zero-order chi connectivity index (χ0) is 46.2. The number of nitrogens with two attached hydrogens (primary N) is 1. The Bertz CT molecular complexity index is 1830. The van der Waals surface area contributed by atoms with Crippen molar-refractivity contribution >= 4 is 23.7 Å². The van der Waals surface area contributed by atoms with Crippen molar-refractivity contribution in [3.05, 3.63) is 32.6 Å². The standard InChI is InChI=1S/C41H64N6O17/c1-19-30(51)32(53)33(54)40(60-19)64-34-22(43-36(55)23-16-27(49)46-41(58)44-23)14-21(38(57)59-2)15-24(34)62-39-29(45-28(50)17-42)35(31(52)26(18-48)63-39)61-25(13-20-9-5-3-6-10-20)37(56)47-11-7-4-8-12-47/h16,19-22,24-26,29-35,39-40,48,51-54H,3-15,17-18,42H2,1-2H3,(H,43,55)(H,45,50)(H2,44,46,49,58)/t19?,21?,22?,24-,25+,26?,29?,30-,31+,32?,33?,34?,35?,39-,40+/m1/s1. The quantitative estimate of drug-likeness (QED) is 0.0767. The molecular formula is C41H64N6O17. The molecule has 6 rings (SSSR count). The molecule has 0 bridgehead atoms. The van der Waals surface area contributed by atoms with E-state index in [4.69, 9.17) is 34.2 Å². The van der Waals surface area contributed by atoms with Crippen LogP contribution in [-0.4, -0.2) is 183 Å². The van der Waals surface area contributed by atoms with Crippen molar-refractivity contribution in [1.29, 1.82) is 0 Å². The van der Waals surface area contributed by atoms with Crippen LogP contribution in [0.1, 0.15) is 88.0 Å². The van der Waals surface area contributed by atoms with E-state index in [1.807, 2.05) is 4.98 Å². The number of nitrogens with one attached hydrogen (secondary N) is 4. The summed E-state index contributed by atoms with van der Waals surface area (Å²) < 4.78 is 36.6. The van der Waals surface area contributed by atoms with Crippen LogP contribution in [-0.2, 0) is 42.8 Å². The molecule has 64 heavy (non-hydrogen) atoms. The Balaban J connectivity index is 1.38. The fourth-order valence-electron chi connectivity index (χ4n) is 9.51. The Morgan fingerprint density at radius 3 is 2.23 bits per heavy atom. The summed E-state index contributed by atoms with van der Waals surface area (Å²) in [5.74, 6) is -3.69. The number of hydrogen-bond donors (Lipinski definition) is 10. The number of ether oxygens (including phenoxy) is 6. The number of piperidine rings is 1. The summed E-state index contributed by atoms with van der Waals surface area (Å²) in [4.78, 5) is 84.7. The Labute approximate surface area is 368 Å². The zero-order valence-electron chi connectivity index (χ0n) is 36.1. The molecule has 3 amide bonds. The van der Waals surface area contributed by atoms with E-state index in [-0.39, 0.29) is 24.7 Å². The second-order valence-electron chi connectivity index (χ2n) is 17.5. The number of aliphatic hydroxyl groups excluding tert-OH is 5. The number of hydrogen-bond acceptors (Lipinski definition) is 18. The van der Waals surface area contributed by atoms with E-state index in [9.17, 15) is 54.3 Å². The van der Waals surface area contributed by atoms with E-state index in [1.54, 1.807) is 4.90 Å².